The van der Waals surface area contributed by atoms with Gasteiger partial charge in [0.05, 0.1) is 6.54 Å². The second kappa shape index (κ2) is 2.49. The molecule has 1 N–H and O–H groups in total. The zero-order valence-corrected chi connectivity index (χ0v) is 8.08. The first kappa shape index (κ1) is 8.26. The molecule has 1 saturated heterocycles. The maximum absolute atomic E-state index is 12.1. The third-order valence-corrected chi connectivity index (χ3v) is 3.56. The largest absolute Gasteiger partial charge is 0.340 e. The fourth-order valence-electron chi connectivity index (χ4n) is 2.41. The first-order valence-electron chi connectivity index (χ1n) is 5.33. The summed E-state index contributed by atoms with van der Waals surface area (Å²) in [5.74, 6) is 0.196. The van der Waals surface area contributed by atoms with Crippen molar-refractivity contribution in [1.82, 2.24) is 10.2 Å². The molecule has 2 saturated carbocycles. The van der Waals surface area contributed by atoms with Crippen LogP contribution in [0.25, 0.3) is 0 Å². The van der Waals surface area contributed by atoms with Crippen LogP contribution >= 0.6 is 0 Å². The van der Waals surface area contributed by atoms with Crippen LogP contribution in [0.1, 0.15) is 32.1 Å². The molecule has 2 aliphatic carbocycles. The highest BCUT2D eigenvalue weighted by Gasteiger charge is 2.53. The van der Waals surface area contributed by atoms with Crippen LogP contribution in [-0.2, 0) is 9.59 Å². The summed E-state index contributed by atoms with van der Waals surface area (Å²) in [4.78, 5) is 25.3. The smallest absolute Gasteiger partial charge is 0.249 e. The third-order valence-electron chi connectivity index (χ3n) is 3.56. The van der Waals surface area contributed by atoms with Crippen molar-refractivity contribution in [2.24, 2.45) is 0 Å². The Labute approximate surface area is 82.6 Å². The van der Waals surface area contributed by atoms with Crippen LogP contribution in [0.5, 0.6) is 0 Å². The molecule has 0 atom stereocenters. The van der Waals surface area contributed by atoms with Gasteiger partial charge in [0.25, 0.3) is 0 Å². The summed E-state index contributed by atoms with van der Waals surface area (Å²) in [5, 5.41) is 2.86. The van der Waals surface area contributed by atoms with E-state index in [1.54, 1.807) is 4.90 Å². The highest BCUT2D eigenvalue weighted by Crippen LogP contribution is 2.39. The predicted molar refractivity (Wildman–Crippen MR) is 49.5 cm³/mol. The summed E-state index contributed by atoms with van der Waals surface area (Å²) < 4.78 is 0. The summed E-state index contributed by atoms with van der Waals surface area (Å²) >= 11 is 0. The van der Waals surface area contributed by atoms with Crippen molar-refractivity contribution in [2.45, 2.75) is 43.7 Å². The van der Waals surface area contributed by atoms with E-state index in [9.17, 15) is 9.59 Å². The molecule has 1 aliphatic heterocycles. The van der Waals surface area contributed by atoms with Crippen molar-refractivity contribution in [1.29, 1.82) is 0 Å². The number of carbonyl (C=O) groups excluding carboxylic acids is 2. The van der Waals surface area contributed by atoms with E-state index in [-0.39, 0.29) is 18.4 Å². The van der Waals surface area contributed by atoms with Gasteiger partial charge < -0.3 is 10.2 Å². The molecule has 4 heteroatoms. The van der Waals surface area contributed by atoms with Crippen molar-refractivity contribution in [3.05, 3.63) is 0 Å². The monoisotopic (exact) mass is 194 g/mol. The molecule has 2 amide bonds. The molecule has 76 valence electrons. The van der Waals surface area contributed by atoms with E-state index in [2.05, 4.69) is 5.32 Å². The minimum Gasteiger partial charge on any atom is -0.340 e. The lowest BCUT2D eigenvalue weighted by atomic mass is 9.74. The molecule has 1 heterocycles. The van der Waals surface area contributed by atoms with Gasteiger partial charge in [-0.3, -0.25) is 9.59 Å². The highest BCUT2D eigenvalue weighted by molar-refractivity contribution is 5.99. The molecule has 14 heavy (non-hydrogen) atoms. The van der Waals surface area contributed by atoms with Crippen molar-refractivity contribution in [3.8, 4) is 0 Å². The lowest BCUT2D eigenvalue weighted by Crippen LogP contribution is -2.69. The van der Waals surface area contributed by atoms with E-state index in [1.807, 2.05) is 0 Å². The number of hydrogen-bond acceptors (Lipinski definition) is 2. The Morgan fingerprint density at radius 1 is 1.29 bits per heavy atom. The number of amides is 2. The van der Waals surface area contributed by atoms with Gasteiger partial charge in [-0.2, -0.15) is 0 Å². The van der Waals surface area contributed by atoms with Crippen LogP contribution < -0.4 is 5.32 Å². The number of rotatable bonds is 1. The minimum atomic E-state index is -0.488. The lowest BCUT2D eigenvalue weighted by molar-refractivity contribution is -0.154. The third kappa shape index (κ3) is 0.996. The molecule has 3 aliphatic rings. The van der Waals surface area contributed by atoms with Crippen LogP contribution in [0.3, 0.4) is 0 Å². The molecule has 0 aromatic rings. The standard InChI is InChI=1S/C10H14N2O2/c13-8-6-12(7-2-3-7)9(14)10(11-8)4-1-5-10/h7H,1-6H2,(H,11,13). The Balaban J connectivity index is 1.86. The molecule has 4 nitrogen and oxygen atoms in total. The normalized spacial score (nSPS) is 30.1. The van der Waals surface area contributed by atoms with E-state index in [1.165, 1.54) is 0 Å². The second-order valence-electron chi connectivity index (χ2n) is 4.65. The average molecular weight is 194 g/mol. The van der Waals surface area contributed by atoms with Crippen LogP contribution in [0.15, 0.2) is 0 Å². The average Bonchev–Trinajstić information content (AvgIpc) is 2.88. The van der Waals surface area contributed by atoms with Gasteiger partial charge in [0, 0.05) is 6.04 Å². The Hall–Kier alpha value is -1.06. The summed E-state index contributed by atoms with van der Waals surface area (Å²) in [7, 11) is 0. The van der Waals surface area contributed by atoms with E-state index in [4.69, 9.17) is 0 Å². The van der Waals surface area contributed by atoms with Gasteiger partial charge in [0.15, 0.2) is 0 Å². The SMILES string of the molecule is O=C1CN(C2CC2)C(=O)C2(CCC2)N1. The molecule has 0 radical (unpaired) electrons. The molecule has 0 unspecified atom stereocenters. The molecular formula is C10H14N2O2. The quantitative estimate of drug-likeness (QED) is 0.640. The zero-order valence-electron chi connectivity index (χ0n) is 8.08. The highest BCUT2D eigenvalue weighted by atomic mass is 16.2. The molecule has 3 rings (SSSR count). The Bertz CT molecular complexity index is 305. The van der Waals surface area contributed by atoms with Gasteiger partial charge in [-0.1, -0.05) is 0 Å². The van der Waals surface area contributed by atoms with E-state index >= 15 is 0 Å². The fourth-order valence-corrected chi connectivity index (χ4v) is 2.41. The van der Waals surface area contributed by atoms with E-state index < -0.39 is 5.54 Å². The van der Waals surface area contributed by atoms with Crippen LogP contribution in [0.4, 0.5) is 0 Å². The number of nitrogens with zero attached hydrogens (tertiary/aromatic N) is 1. The predicted octanol–water partition coefficient (Wildman–Crippen LogP) is 0.0299. The summed E-state index contributed by atoms with van der Waals surface area (Å²) in [5.41, 5.74) is -0.488. The van der Waals surface area contributed by atoms with Crippen molar-refractivity contribution < 1.29 is 9.59 Å². The van der Waals surface area contributed by atoms with Crippen molar-refractivity contribution >= 4 is 11.8 Å². The molecule has 3 fully saturated rings. The Morgan fingerprint density at radius 3 is 2.50 bits per heavy atom. The first-order chi connectivity index (χ1) is 6.71. The van der Waals surface area contributed by atoms with Crippen molar-refractivity contribution in [3.63, 3.8) is 0 Å². The van der Waals surface area contributed by atoms with Gasteiger partial charge in [-0.15, -0.1) is 0 Å². The Morgan fingerprint density at radius 2 is 2.00 bits per heavy atom. The number of piperazine rings is 1. The van der Waals surface area contributed by atoms with Gasteiger partial charge in [-0.25, -0.2) is 0 Å². The van der Waals surface area contributed by atoms with E-state index in [0.29, 0.717) is 6.04 Å². The summed E-state index contributed by atoms with van der Waals surface area (Å²) in [6.45, 7) is 0.283. The zero-order chi connectivity index (χ0) is 9.76. The van der Waals surface area contributed by atoms with E-state index in [0.717, 1.165) is 32.1 Å². The van der Waals surface area contributed by atoms with Crippen LogP contribution in [0.2, 0.25) is 0 Å². The van der Waals surface area contributed by atoms with Gasteiger partial charge in [0.1, 0.15) is 5.54 Å². The first-order valence-corrected chi connectivity index (χ1v) is 5.33. The topological polar surface area (TPSA) is 49.4 Å². The summed E-state index contributed by atoms with van der Waals surface area (Å²) in [6.07, 6.45) is 4.89. The number of nitrogens with one attached hydrogen (secondary N) is 1. The maximum Gasteiger partial charge on any atom is 0.249 e. The molecule has 0 aromatic heterocycles. The molecule has 1 spiro atoms. The second-order valence-corrected chi connectivity index (χ2v) is 4.65. The fraction of sp³-hybridized carbons (Fsp3) is 0.800. The van der Waals surface area contributed by atoms with Crippen LogP contribution in [-0.4, -0.2) is 34.8 Å². The Kier molecular flexibility index (Phi) is 1.47. The number of carbonyl (C=O) groups is 2. The summed E-state index contributed by atoms with van der Waals surface area (Å²) in [6, 6.07) is 0.367. The number of hydrogen-bond donors (Lipinski definition) is 1. The van der Waals surface area contributed by atoms with Crippen molar-refractivity contribution in [2.75, 3.05) is 6.54 Å². The van der Waals surface area contributed by atoms with Gasteiger partial charge in [-0.05, 0) is 32.1 Å². The maximum atomic E-state index is 12.1. The van der Waals surface area contributed by atoms with Gasteiger partial charge in [0.2, 0.25) is 11.8 Å². The molecule has 0 bridgehead atoms. The minimum absolute atomic E-state index is 0.0243. The molecule has 0 aromatic carbocycles. The van der Waals surface area contributed by atoms with Crippen LogP contribution in [0, 0.1) is 0 Å². The lowest BCUT2D eigenvalue weighted by Gasteiger charge is -2.47. The molecular weight excluding hydrogens is 180 g/mol. The van der Waals surface area contributed by atoms with Gasteiger partial charge >= 0.3 is 0 Å².